The van der Waals surface area contributed by atoms with Crippen LogP contribution in [0.4, 0.5) is 6.01 Å². The second-order valence-electron chi connectivity index (χ2n) is 6.21. The number of thioether (sulfide) groups is 1. The van der Waals surface area contributed by atoms with Crippen LogP contribution >= 0.6 is 11.8 Å². The van der Waals surface area contributed by atoms with Crippen LogP contribution in [0.2, 0.25) is 0 Å². The number of anilines is 1. The second-order valence-corrected chi connectivity index (χ2v) is 9.60. The Bertz CT molecular complexity index is 1070. The van der Waals surface area contributed by atoms with E-state index in [0.29, 0.717) is 5.89 Å². The van der Waals surface area contributed by atoms with E-state index in [1.54, 1.807) is 25.6 Å². The van der Waals surface area contributed by atoms with E-state index in [1.807, 2.05) is 30.5 Å². The maximum Gasteiger partial charge on any atom is 0.322 e. The summed E-state index contributed by atoms with van der Waals surface area (Å²) in [5, 5.41) is 9.75. The number of amides is 1. The minimum Gasteiger partial charge on any atom is -0.403 e. The van der Waals surface area contributed by atoms with Crippen LogP contribution in [0.25, 0.3) is 11.5 Å². The normalized spacial score (nSPS) is 11.6. The number of hydrogen-bond donors (Lipinski definition) is 1. The molecule has 0 unspecified atom stereocenters. The van der Waals surface area contributed by atoms with Crippen molar-refractivity contribution in [2.75, 3.05) is 11.6 Å². The third-order valence-electron chi connectivity index (χ3n) is 4.05. The molecule has 3 aromatic rings. The molecule has 0 atom stereocenters. The molecule has 146 valence electrons. The summed E-state index contributed by atoms with van der Waals surface area (Å²) < 4.78 is 29.8. The number of carbonyl (C=O) groups is 1. The number of carbonyl (C=O) groups excluding carboxylic acids is 1. The fourth-order valence-corrected chi connectivity index (χ4v) is 3.83. The van der Waals surface area contributed by atoms with E-state index in [2.05, 4.69) is 15.5 Å². The van der Waals surface area contributed by atoms with Crippen molar-refractivity contribution in [1.82, 2.24) is 10.2 Å². The summed E-state index contributed by atoms with van der Waals surface area (Å²) in [5.41, 5.74) is 1.03. The van der Waals surface area contributed by atoms with Crippen LogP contribution in [-0.2, 0) is 9.84 Å². The van der Waals surface area contributed by atoms with Crippen molar-refractivity contribution in [3.63, 3.8) is 0 Å². The lowest BCUT2D eigenvalue weighted by molar-refractivity contribution is 0.102. The molecule has 0 aliphatic rings. The van der Waals surface area contributed by atoms with E-state index in [4.69, 9.17) is 4.42 Å². The highest BCUT2D eigenvalue weighted by Gasteiger charge is 2.20. The molecule has 28 heavy (non-hydrogen) atoms. The Morgan fingerprint density at radius 2 is 1.68 bits per heavy atom. The molecule has 0 saturated carbocycles. The third-order valence-corrected chi connectivity index (χ3v) is 6.96. The molecule has 2 aromatic carbocycles. The lowest BCUT2D eigenvalue weighted by Crippen LogP contribution is -2.15. The van der Waals surface area contributed by atoms with Crippen LogP contribution < -0.4 is 5.32 Å². The number of nitrogens with one attached hydrogen (secondary N) is 1. The first kappa shape index (κ1) is 20.1. The summed E-state index contributed by atoms with van der Waals surface area (Å²) in [6.45, 7) is 3.22. The lowest BCUT2D eigenvalue weighted by atomic mass is 10.2. The summed E-state index contributed by atoms with van der Waals surface area (Å²) in [7, 11) is -3.38. The first-order chi connectivity index (χ1) is 13.3. The highest BCUT2D eigenvalue weighted by molar-refractivity contribution is 7.98. The van der Waals surface area contributed by atoms with Crippen molar-refractivity contribution >= 4 is 33.5 Å². The average Bonchev–Trinajstić information content (AvgIpc) is 3.16. The lowest BCUT2D eigenvalue weighted by Gasteiger charge is -2.08. The quantitative estimate of drug-likeness (QED) is 0.607. The Kier molecular flexibility index (Phi) is 5.85. The van der Waals surface area contributed by atoms with Crippen molar-refractivity contribution in [2.45, 2.75) is 28.9 Å². The van der Waals surface area contributed by atoms with Crippen LogP contribution in [0, 0.1) is 0 Å². The van der Waals surface area contributed by atoms with Gasteiger partial charge in [0.1, 0.15) is 0 Å². The molecule has 0 bridgehead atoms. The zero-order valence-corrected chi connectivity index (χ0v) is 17.2. The first-order valence-corrected chi connectivity index (χ1v) is 11.2. The Morgan fingerprint density at radius 1 is 1.04 bits per heavy atom. The Hall–Kier alpha value is -2.65. The molecule has 9 heteroatoms. The van der Waals surface area contributed by atoms with E-state index in [0.717, 1.165) is 10.5 Å². The maximum absolute atomic E-state index is 12.3. The van der Waals surface area contributed by atoms with Gasteiger partial charge in [0.15, 0.2) is 9.84 Å². The molecular weight excluding hydrogens is 398 g/mol. The predicted molar refractivity (Wildman–Crippen MR) is 108 cm³/mol. The monoisotopic (exact) mass is 417 g/mol. The maximum atomic E-state index is 12.3. The standard InChI is InChI=1S/C19H19N3O4S2/c1-12(2)28(24,25)16-10-6-13(7-11-16)17(23)20-19-22-21-18(26-19)14-4-8-15(27-3)9-5-14/h4-12H,1-3H3,(H,20,22,23). The smallest absolute Gasteiger partial charge is 0.322 e. The molecule has 0 aliphatic heterocycles. The van der Waals surface area contributed by atoms with Crippen LogP contribution in [0.3, 0.4) is 0 Å². The Labute approximate surface area is 167 Å². The van der Waals surface area contributed by atoms with Gasteiger partial charge in [-0.1, -0.05) is 5.10 Å². The van der Waals surface area contributed by atoms with Gasteiger partial charge < -0.3 is 4.42 Å². The molecule has 1 heterocycles. The average molecular weight is 418 g/mol. The van der Waals surface area contributed by atoms with Gasteiger partial charge in [0.05, 0.1) is 10.1 Å². The third kappa shape index (κ3) is 4.26. The van der Waals surface area contributed by atoms with Crippen molar-refractivity contribution < 1.29 is 17.6 Å². The van der Waals surface area contributed by atoms with Gasteiger partial charge in [-0.25, -0.2) is 8.42 Å². The summed E-state index contributed by atoms with van der Waals surface area (Å²) in [5.74, 6) is -0.178. The highest BCUT2D eigenvalue weighted by atomic mass is 32.2. The number of sulfone groups is 1. The van der Waals surface area contributed by atoms with E-state index < -0.39 is 21.0 Å². The minimum absolute atomic E-state index is 0.0344. The summed E-state index contributed by atoms with van der Waals surface area (Å²) >= 11 is 1.63. The predicted octanol–water partition coefficient (Wildman–Crippen LogP) is 3.89. The van der Waals surface area contributed by atoms with Crippen LogP contribution in [0.1, 0.15) is 24.2 Å². The first-order valence-electron chi connectivity index (χ1n) is 8.44. The second kappa shape index (κ2) is 8.15. The van der Waals surface area contributed by atoms with Crippen molar-refractivity contribution in [3.8, 4) is 11.5 Å². The molecule has 3 rings (SSSR count). The van der Waals surface area contributed by atoms with Crippen LogP contribution in [0.15, 0.2) is 62.7 Å². The summed E-state index contributed by atoms with van der Waals surface area (Å²) in [6, 6.07) is 13.3. The Balaban J connectivity index is 1.72. The molecule has 0 aliphatic carbocycles. The number of rotatable bonds is 6. The van der Waals surface area contributed by atoms with Gasteiger partial charge in [-0.2, -0.15) is 0 Å². The van der Waals surface area contributed by atoms with Gasteiger partial charge in [0.2, 0.25) is 5.89 Å². The minimum atomic E-state index is -3.38. The van der Waals surface area contributed by atoms with Crippen molar-refractivity contribution in [1.29, 1.82) is 0 Å². The zero-order chi connectivity index (χ0) is 20.3. The van der Waals surface area contributed by atoms with Gasteiger partial charge >= 0.3 is 6.01 Å². The molecule has 0 radical (unpaired) electrons. The molecule has 0 spiro atoms. The largest absolute Gasteiger partial charge is 0.403 e. The van der Waals surface area contributed by atoms with Crippen LogP contribution in [0.5, 0.6) is 0 Å². The fraction of sp³-hybridized carbons (Fsp3) is 0.211. The molecule has 0 fully saturated rings. The summed E-state index contributed by atoms with van der Waals surface area (Å²) in [6.07, 6.45) is 1.99. The highest BCUT2D eigenvalue weighted by Crippen LogP contribution is 2.23. The Morgan fingerprint density at radius 3 is 2.25 bits per heavy atom. The number of benzene rings is 2. The van der Waals surface area contributed by atoms with Crippen LogP contribution in [-0.4, -0.2) is 36.0 Å². The molecule has 7 nitrogen and oxygen atoms in total. The topological polar surface area (TPSA) is 102 Å². The number of hydrogen-bond acceptors (Lipinski definition) is 7. The van der Waals surface area contributed by atoms with Gasteiger partial charge in [0, 0.05) is 16.0 Å². The van der Waals surface area contributed by atoms with Crippen molar-refractivity contribution in [2.24, 2.45) is 0 Å². The van der Waals surface area contributed by atoms with Gasteiger partial charge in [-0.3, -0.25) is 10.1 Å². The zero-order valence-electron chi connectivity index (χ0n) is 15.5. The van der Waals surface area contributed by atoms with E-state index in [1.165, 1.54) is 24.3 Å². The molecule has 1 N–H and O–H groups in total. The van der Waals surface area contributed by atoms with Gasteiger partial charge in [0.25, 0.3) is 5.91 Å². The fourth-order valence-electron chi connectivity index (χ4n) is 2.36. The van der Waals surface area contributed by atoms with Crippen molar-refractivity contribution in [3.05, 3.63) is 54.1 Å². The van der Waals surface area contributed by atoms with E-state index in [-0.39, 0.29) is 16.5 Å². The van der Waals surface area contributed by atoms with E-state index >= 15 is 0 Å². The van der Waals surface area contributed by atoms with E-state index in [9.17, 15) is 13.2 Å². The van der Waals surface area contributed by atoms with Gasteiger partial charge in [-0.15, -0.1) is 16.9 Å². The molecule has 1 amide bonds. The van der Waals surface area contributed by atoms with Gasteiger partial charge in [-0.05, 0) is 68.6 Å². The molecular formula is C19H19N3O4S2. The summed E-state index contributed by atoms with van der Waals surface area (Å²) in [4.78, 5) is 13.6. The number of aromatic nitrogens is 2. The SMILES string of the molecule is CSc1ccc(-c2nnc(NC(=O)c3ccc(S(=O)(=O)C(C)C)cc3)o2)cc1. The number of nitrogens with zero attached hydrogens (tertiary/aromatic N) is 2. The molecule has 1 aromatic heterocycles. The molecule has 0 saturated heterocycles.